The van der Waals surface area contributed by atoms with E-state index in [1.54, 1.807) is 0 Å². The van der Waals surface area contributed by atoms with Gasteiger partial charge in [0.05, 0.1) is 6.61 Å². The van der Waals surface area contributed by atoms with Gasteiger partial charge >= 0.3 is 0 Å². The molecule has 3 unspecified atom stereocenters. The van der Waals surface area contributed by atoms with Crippen molar-refractivity contribution in [3.63, 3.8) is 0 Å². The van der Waals surface area contributed by atoms with Crippen molar-refractivity contribution in [3.8, 4) is 0 Å². The maximum Gasteiger partial charge on any atom is 0.0681 e. The quantitative estimate of drug-likeness (QED) is 0.836. The highest BCUT2D eigenvalue weighted by Gasteiger charge is 2.25. The van der Waals surface area contributed by atoms with Crippen LogP contribution in [-0.2, 0) is 6.61 Å². The Kier molecular flexibility index (Phi) is 5.74. The molecule has 0 radical (unpaired) electrons. The standard InChI is InChI=1S/C16H25NOS/c1-3-19-16-8-7-15(10-16)17-12(2)14-6-4-5-13(9-14)11-18/h4-6,9,12,15-18H,3,7-8,10-11H2,1-2H3. The number of aliphatic hydroxyl groups is 1. The van der Waals surface area contributed by atoms with Crippen LogP contribution in [0.2, 0.25) is 0 Å². The van der Waals surface area contributed by atoms with E-state index in [1.165, 1.54) is 30.6 Å². The second-order valence-corrected chi connectivity index (χ2v) is 6.96. The molecule has 19 heavy (non-hydrogen) atoms. The van der Waals surface area contributed by atoms with E-state index in [-0.39, 0.29) is 6.61 Å². The van der Waals surface area contributed by atoms with Crippen LogP contribution in [0.25, 0.3) is 0 Å². The van der Waals surface area contributed by atoms with Crippen molar-refractivity contribution < 1.29 is 5.11 Å². The molecule has 1 aliphatic carbocycles. The zero-order valence-electron chi connectivity index (χ0n) is 11.9. The molecule has 2 nitrogen and oxygen atoms in total. The summed E-state index contributed by atoms with van der Waals surface area (Å²) >= 11 is 2.10. The molecule has 1 aliphatic rings. The summed E-state index contributed by atoms with van der Waals surface area (Å²) in [6.07, 6.45) is 3.93. The average molecular weight is 279 g/mol. The van der Waals surface area contributed by atoms with Crippen LogP contribution in [0.4, 0.5) is 0 Å². The topological polar surface area (TPSA) is 32.3 Å². The summed E-state index contributed by atoms with van der Waals surface area (Å²) < 4.78 is 0. The predicted molar refractivity (Wildman–Crippen MR) is 83.5 cm³/mol. The molecule has 0 saturated heterocycles. The van der Waals surface area contributed by atoms with Gasteiger partial charge in [-0.1, -0.05) is 31.2 Å². The van der Waals surface area contributed by atoms with E-state index < -0.39 is 0 Å². The highest BCUT2D eigenvalue weighted by molar-refractivity contribution is 7.99. The average Bonchev–Trinajstić information content (AvgIpc) is 2.86. The monoisotopic (exact) mass is 279 g/mol. The Bertz CT molecular complexity index is 396. The second-order valence-electron chi connectivity index (χ2n) is 5.38. The molecule has 0 spiro atoms. The Morgan fingerprint density at radius 3 is 3.00 bits per heavy atom. The van der Waals surface area contributed by atoms with Gasteiger partial charge in [-0.15, -0.1) is 0 Å². The minimum Gasteiger partial charge on any atom is -0.392 e. The lowest BCUT2D eigenvalue weighted by Gasteiger charge is -2.20. The maximum atomic E-state index is 9.20. The number of benzene rings is 1. The van der Waals surface area contributed by atoms with Gasteiger partial charge in [0.25, 0.3) is 0 Å². The largest absolute Gasteiger partial charge is 0.392 e. The Hall–Kier alpha value is -0.510. The highest BCUT2D eigenvalue weighted by atomic mass is 32.2. The van der Waals surface area contributed by atoms with E-state index >= 15 is 0 Å². The van der Waals surface area contributed by atoms with Gasteiger partial charge in [0.2, 0.25) is 0 Å². The Morgan fingerprint density at radius 1 is 1.42 bits per heavy atom. The Labute approximate surface area is 121 Å². The second kappa shape index (κ2) is 7.32. The summed E-state index contributed by atoms with van der Waals surface area (Å²) in [4.78, 5) is 0. The van der Waals surface area contributed by atoms with Gasteiger partial charge in [0, 0.05) is 17.3 Å². The molecule has 0 aromatic heterocycles. The summed E-state index contributed by atoms with van der Waals surface area (Å²) in [7, 11) is 0. The van der Waals surface area contributed by atoms with E-state index in [4.69, 9.17) is 0 Å². The molecule has 0 amide bonds. The third kappa shape index (κ3) is 4.23. The number of thioether (sulfide) groups is 1. The zero-order chi connectivity index (χ0) is 13.7. The first-order chi connectivity index (χ1) is 9.22. The normalized spacial score (nSPS) is 24.6. The molecule has 3 atom stereocenters. The molecule has 1 aromatic carbocycles. The van der Waals surface area contributed by atoms with Gasteiger partial charge in [0.15, 0.2) is 0 Å². The van der Waals surface area contributed by atoms with Gasteiger partial charge in [-0.05, 0) is 43.1 Å². The minimum absolute atomic E-state index is 0.124. The van der Waals surface area contributed by atoms with Crippen molar-refractivity contribution in [3.05, 3.63) is 35.4 Å². The molecule has 106 valence electrons. The fraction of sp³-hybridized carbons (Fsp3) is 0.625. The predicted octanol–water partition coefficient (Wildman–Crippen LogP) is 3.50. The van der Waals surface area contributed by atoms with Crippen LogP contribution >= 0.6 is 11.8 Å². The fourth-order valence-electron chi connectivity index (χ4n) is 2.89. The summed E-state index contributed by atoms with van der Waals surface area (Å²) in [5.41, 5.74) is 2.27. The fourth-order valence-corrected chi connectivity index (χ4v) is 4.03. The van der Waals surface area contributed by atoms with Crippen LogP contribution in [0.1, 0.15) is 50.3 Å². The van der Waals surface area contributed by atoms with Crippen LogP contribution in [0, 0.1) is 0 Å². The van der Waals surface area contributed by atoms with Crippen molar-refractivity contribution in [1.82, 2.24) is 5.32 Å². The molecule has 0 heterocycles. The number of hydrogen-bond donors (Lipinski definition) is 2. The van der Waals surface area contributed by atoms with E-state index in [0.717, 1.165) is 10.8 Å². The van der Waals surface area contributed by atoms with Gasteiger partial charge in [0.1, 0.15) is 0 Å². The van der Waals surface area contributed by atoms with E-state index in [9.17, 15) is 5.11 Å². The van der Waals surface area contributed by atoms with Crippen molar-refractivity contribution >= 4 is 11.8 Å². The van der Waals surface area contributed by atoms with Crippen LogP contribution in [-0.4, -0.2) is 22.2 Å². The summed E-state index contributed by atoms with van der Waals surface area (Å²) in [5.74, 6) is 1.23. The van der Waals surface area contributed by atoms with Crippen molar-refractivity contribution in [2.45, 2.75) is 57.1 Å². The van der Waals surface area contributed by atoms with Crippen molar-refractivity contribution in [2.75, 3.05) is 5.75 Å². The van der Waals surface area contributed by atoms with Crippen LogP contribution < -0.4 is 5.32 Å². The van der Waals surface area contributed by atoms with Crippen molar-refractivity contribution in [2.24, 2.45) is 0 Å². The first kappa shape index (κ1) is 14.9. The SMILES string of the molecule is CCSC1CCC(NC(C)c2cccc(CO)c2)C1. The van der Waals surface area contributed by atoms with Gasteiger partial charge in [-0.3, -0.25) is 0 Å². The Balaban J connectivity index is 1.88. The lowest BCUT2D eigenvalue weighted by Crippen LogP contribution is -2.29. The molecular formula is C16H25NOS. The lowest BCUT2D eigenvalue weighted by molar-refractivity contribution is 0.281. The van der Waals surface area contributed by atoms with Crippen LogP contribution in [0.3, 0.4) is 0 Å². The number of nitrogens with one attached hydrogen (secondary N) is 1. The van der Waals surface area contributed by atoms with E-state index in [1.807, 2.05) is 12.1 Å². The molecule has 1 aromatic rings. The third-order valence-corrected chi connectivity index (χ3v) is 5.14. The van der Waals surface area contributed by atoms with Gasteiger partial charge in [-0.25, -0.2) is 0 Å². The van der Waals surface area contributed by atoms with Crippen LogP contribution in [0.15, 0.2) is 24.3 Å². The van der Waals surface area contributed by atoms with Gasteiger partial charge < -0.3 is 10.4 Å². The molecular weight excluding hydrogens is 254 g/mol. The first-order valence-electron chi connectivity index (χ1n) is 7.30. The maximum absolute atomic E-state index is 9.20. The first-order valence-corrected chi connectivity index (χ1v) is 8.35. The lowest BCUT2D eigenvalue weighted by atomic mass is 10.0. The molecule has 2 N–H and O–H groups in total. The van der Waals surface area contributed by atoms with Crippen LogP contribution in [0.5, 0.6) is 0 Å². The molecule has 1 saturated carbocycles. The van der Waals surface area contributed by atoms with E-state index in [0.29, 0.717) is 12.1 Å². The minimum atomic E-state index is 0.124. The number of aliphatic hydroxyl groups excluding tert-OH is 1. The molecule has 0 aliphatic heterocycles. The summed E-state index contributed by atoms with van der Waals surface area (Å²) in [6, 6.07) is 9.26. The van der Waals surface area contributed by atoms with Crippen molar-refractivity contribution in [1.29, 1.82) is 0 Å². The Morgan fingerprint density at radius 2 is 2.26 bits per heavy atom. The summed E-state index contributed by atoms with van der Waals surface area (Å²) in [6.45, 7) is 4.59. The smallest absolute Gasteiger partial charge is 0.0681 e. The van der Waals surface area contributed by atoms with E-state index in [2.05, 4.69) is 43.1 Å². The molecule has 0 bridgehead atoms. The molecule has 3 heteroatoms. The number of hydrogen-bond acceptors (Lipinski definition) is 3. The highest BCUT2D eigenvalue weighted by Crippen LogP contribution is 2.31. The number of rotatable bonds is 6. The summed E-state index contributed by atoms with van der Waals surface area (Å²) in [5, 5.41) is 13.8. The third-order valence-electron chi connectivity index (χ3n) is 3.91. The zero-order valence-corrected chi connectivity index (χ0v) is 12.7. The molecule has 1 fully saturated rings. The molecule has 2 rings (SSSR count). The van der Waals surface area contributed by atoms with Gasteiger partial charge in [-0.2, -0.15) is 11.8 Å².